The first-order chi connectivity index (χ1) is 14.3. The molecule has 1 N–H and O–H groups in total. The van der Waals surface area contributed by atoms with E-state index in [4.69, 9.17) is 9.47 Å². The normalized spacial score (nSPS) is 16.9. The summed E-state index contributed by atoms with van der Waals surface area (Å²) in [5.41, 5.74) is 5.83. The molecule has 2 aliphatic rings. The van der Waals surface area contributed by atoms with E-state index >= 15 is 0 Å². The van der Waals surface area contributed by atoms with Gasteiger partial charge >= 0.3 is 0 Å². The zero-order valence-electron chi connectivity index (χ0n) is 16.2. The van der Waals surface area contributed by atoms with E-state index < -0.39 is 0 Å². The fourth-order valence-corrected chi connectivity index (χ4v) is 4.01. The van der Waals surface area contributed by atoms with Crippen LogP contribution in [0.4, 0.5) is 0 Å². The molecule has 0 spiro atoms. The molecule has 146 valence electrons. The molecule has 2 aliphatic heterocycles. The number of amides is 1. The molecule has 4 heteroatoms. The summed E-state index contributed by atoms with van der Waals surface area (Å²) in [6.45, 7) is 1.73. The standard InChI is InChI=1S/C25H23NO3/c27-25(22-14-20-3-1-2-4-23(20)29-16-22)26-15-17-5-7-18(8-6-17)19-9-10-24-21(13-19)11-12-28-24/h1-10,13,22H,11-12,14-16H2,(H,26,27). The van der Waals surface area contributed by atoms with Gasteiger partial charge in [0.25, 0.3) is 0 Å². The zero-order chi connectivity index (χ0) is 19.6. The smallest absolute Gasteiger partial charge is 0.227 e. The lowest BCUT2D eigenvalue weighted by atomic mass is 9.96. The molecule has 4 nitrogen and oxygen atoms in total. The van der Waals surface area contributed by atoms with Crippen LogP contribution < -0.4 is 14.8 Å². The summed E-state index contributed by atoms with van der Waals surface area (Å²) in [5, 5.41) is 3.06. The number of para-hydroxylation sites is 1. The van der Waals surface area contributed by atoms with Crippen LogP contribution in [0, 0.1) is 5.92 Å². The largest absolute Gasteiger partial charge is 0.493 e. The Kier molecular flexibility index (Phi) is 4.68. The minimum absolute atomic E-state index is 0.0437. The maximum atomic E-state index is 12.6. The van der Waals surface area contributed by atoms with Crippen molar-refractivity contribution in [2.75, 3.05) is 13.2 Å². The summed E-state index contributed by atoms with van der Waals surface area (Å²) in [6.07, 6.45) is 1.70. The van der Waals surface area contributed by atoms with Gasteiger partial charge in [-0.15, -0.1) is 0 Å². The molecule has 0 radical (unpaired) electrons. The topological polar surface area (TPSA) is 47.6 Å². The molecule has 0 saturated heterocycles. The molecule has 0 bridgehead atoms. The van der Waals surface area contributed by atoms with E-state index in [1.54, 1.807) is 0 Å². The Labute approximate surface area is 170 Å². The Morgan fingerprint density at radius 2 is 1.69 bits per heavy atom. The van der Waals surface area contributed by atoms with E-state index in [9.17, 15) is 4.79 Å². The lowest BCUT2D eigenvalue weighted by Crippen LogP contribution is -2.37. The molecular formula is C25H23NO3. The van der Waals surface area contributed by atoms with Gasteiger partial charge in [0, 0.05) is 13.0 Å². The van der Waals surface area contributed by atoms with Gasteiger partial charge in [-0.2, -0.15) is 0 Å². The van der Waals surface area contributed by atoms with Gasteiger partial charge in [0.15, 0.2) is 0 Å². The van der Waals surface area contributed by atoms with Crippen LogP contribution in [0.5, 0.6) is 11.5 Å². The second kappa shape index (κ2) is 7.63. The molecule has 29 heavy (non-hydrogen) atoms. The average Bonchev–Trinajstić information content (AvgIpc) is 3.25. The van der Waals surface area contributed by atoms with Crippen molar-refractivity contribution in [1.29, 1.82) is 0 Å². The molecule has 5 rings (SSSR count). The molecule has 1 amide bonds. The van der Waals surface area contributed by atoms with Crippen molar-refractivity contribution < 1.29 is 14.3 Å². The first kappa shape index (κ1) is 17.8. The van der Waals surface area contributed by atoms with Crippen LogP contribution in [-0.4, -0.2) is 19.1 Å². The maximum absolute atomic E-state index is 12.6. The lowest BCUT2D eigenvalue weighted by Gasteiger charge is -2.24. The average molecular weight is 385 g/mol. The van der Waals surface area contributed by atoms with Gasteiger partial charge in [-0.25, -0.2) is 0 Å². The summed E-state index contributed by atoms with van der Waals surface area (Å²) in [5.74, 6) is 1.80. The predicted molar refractivity (Wildman–Crippen MR) is 112 cm³/mol. The number of carbonyl (C=O) groups is 1. The van der Waals surface area contributed by atoms with Crippen molar-refractivity contribution in [3.8, 4) is 22.6 Å². The summed E-state index contributed by atoms with van der Waals surface area (Å²) >= 11 is 0. The Bertz CT molecular complexity index is 1040. The van der Waals surface area contributed by atoms with Crippen molar-refractivity contribution in [3.05, 3.63) is 83.4 Å². The molecule has 0 fully saturated rings. The highest BCUT2D eigenvalue weighted by Crippen LogP contribution is 2.30. The number of rotatable bonds is 4. The highest BCUT2D eigenvalue weighted by atomic mass is 16.5. The lowest BCUT2D eigenvalue weighted by molar-refractivity contribution is -0.126. The van der Waals surface area contributed by atoms with Crippen molar-refractivity contribution in [2.24, 2.45) is 5.92 Å². The molecule has 3 aromatic rings. The van der Waals surface area contributed by atoms with Crippen molar-refractivity contribution in [1.82, 2.24) is 5.32 Å². The fraction of sp³-hybridized carbons (Fsp3) is 0.240. The van der Waals surface area contributed by atoms with Gasteiger partial charge in [-0.1, -0.05) is 48.5 Å². The minimum atomic E-state index is -0.141. The van der Waals surface area contributed by atoms with Crippen LogP contribution in [0.3, 0.4) is 0 Å². The number of carbonyl (C=O) groups excluding carboxylic acids is 1. The number of benzene rings is 3. The highest BCUT2D eigenvalue weighted by Gasteiger charge is 2.25. The molecule has 1 atom stereocenters. The van der Waals surface area contributed by atoms with E-state index in [0.717, 1.165) is 42.1 Å². The number of ether oxygens (including phenoxy) is 2. The van der Waals surface area contributed by atoms with E-state index in [1.165, 1.54) is 16.7 Å². The first-order valence-electron chi connectivity index (χ1n) is 10.1. The zero-order valence-corrected chi connectivity index (χ0v) is 16.2. The Morgan fingerprint density at radius 3 is 2.59 bits per heavy atom. The number of hydrogen-bond donors (Lipinski definition) is 1. The molecule has 0 saturated carbocycles. The third-order valence-electron chi connectivity index (χ3n) is 5.69. The van der Waals surface area contributed by atoms with Gasteiger partial charge in [-0.3, -0.25) is 4.79 Å². The van der Waals surface area contributed by atoms with Crippen molar-refractivity contribution in [3.63, 3.8) is 0 Å². The third kappa shape index (κ3) is 3.70. The van der Waals surface area contributed by atoms with Crippen LogP contribution >= 0.6 is 0 Å². The molecule has 0 aliphatic carbocycles. The van der Waals surface area contributed by atoms with Crippen LogP contribution in [0.15, 0.2) is 66.7 Å². The SMILES string of the molecule is O=C(NCc1ccc(-c2ccc3c(c2)CCO3)cc1)C1COc2ccccc2C1. The summed E-state index contributed by atoms with van der Waals surface area (Å²) in [6, 6.07) is 22.7. The van der Waals surface area contributed by atoms with Crippen molar-refractivity contribution in [2.45, 2.75) is 19.4 Å². The molecule has 3 aromatic carbocycles. The van der Waals surface area contributed by atoms with Crippen LogP contribution in [0.2, 0.25) is 0 Å². The second-order valence-electron chi connectivity index (χ2n) is 7.66. The van der Waals surface area contributed by atoms with E-state index in [0.29, 0.717) is 13.2 Å². The second-order valence-corrected chi connectivity index (χ2v) is 7.66. The number of nitrogens with one attached hydrogen (secondary N) is 1. The Morgan fingerprint density at radius 1 is 0.897 bits per heavy atom. The van der Waals surface area contributed by atoms with Crippen LogP contribution in [-0.2, 0) is 24.2 Å². The fourth-order valence-electron chi connectivity index (χ4n) is 4.01. The third-order valence-corrected chi connectivity index (χ3v) is 5.69. The Hall–Kier alpha value is -3.27. The molecule has 2 heterocycles. The predicted octanol–water partition coefficient (Wildman–Crippen LogP) is 4.16. The Balaban J connectivity index is 1.20. The van der Waals surface area contributed by atoms with Crippen molar-refractivity contribution >= 4 is 5.91 Å². The summed E-state index contributed by atoms with van der Waals surface area (Å²) < 4.78 is 11.3. The van der Waals surface area contributed by atoms with Gasteiger partial charge in [0.05, 0.1) is 12.5 Å². The van der Waals surface area contributed by atoms with Crippen LogP contribution in [0.25, 0.3) is 11.1 Å². The van der Waals surface area contributed by atoms with Gasteiger partial charge in [-0.05, 0) is 52.4 Å². The van der Waals surface area contributed by atoms with E-state index in [2.05, 4.69) is 47.8 Å². The quantitative estimate of drug-likeness (QED) is 0.734. The summed E-state index contributed by atoms with van der Waals surface area (Å²) in [4.78, 5) is 12.6. The van der Waals surface area contributed by atoms with Gasteiger partial charge in [0.2, 0.25) is 5.91 Å². The monoisotopic (exact) mass is 385 g/mol. The number of hydrogen-bond acceptors (Lipinski definition) is 3. The van der Waals surface area contributed by atoms with Crippen LogP contribution in [0.1, 0.15) is 16.7 Å². The molecule has 1 unspecified atom stereocenters. The molecule has 0 aromatic heterocycles. The van der Waals surface area contributed by atoms with E-state index in [-0.39, 0.29) is 11.8 Å². The van der Waals surface area contributed by atoms with Gasteiger partial charge in [0.1, 0.15) is 18.1 Å². The number of fused-ring (bicyclic) bond motifs is 2. The molecular weight excluding hydrogens is 362 g/mol. The van der Waals surface area contributed by atoms with E-state index in [1.807, 2.05) is 24.3 Å². The summed E-state index contributed by atoms with van der Waals surface area (Å²) in [7, 11) is 0. The first-order valence-corrected chi connectivity index (χ1v) is 10.1. The highest BCUT2D eigenvalue weighted by molar-refractivity contribution is 5.79. The van der Waals surface area contributed by atoms with Gasteiger partial charge < -0.3 is 14.8 Å². The minimum Gasteiger partial charge on any atom is -0.493 e. The maximum Gasteiger partial charge on any atom is 0.227 e.